The van der Waals surface area contributed by atoms with E-state index in [9.17, 15) is 0 Å². The lowest BCUT2D eigenvalue weighted by atomic mass is 10.2. The quantitative estimate of drug-likeness (QED) is 0.640. The van der Waals surface area contributed by atoms with Gasteiger partial charge in [0, 0.05) is 24.2 Å². The number of nitrogens with two attached hydrogens (primary N) is 1. The maximum absolute atomic E-state index is 5.43. The largest absolute Gasteiger partial charge is 0.330 e. The van der Waals surface area contributed by atoms with Gasteiger partial charge in [-0.15, -0.1) is 0 Å². The van der Waals surface area contributed by atoms with Crippen molar-refractivity contribution in [1.29, 1.82) is 0 Å². The fourth-order valence-corrected chi connectivity index (χ4v) is 1.20. The Balaban J connectivity index is 2.51. The molecule has 0 spiro atoms. The smallest absolute Gasteiger partial charge is 0.156 e. The summed E-state index contributed by atoms with van der Waals surface area (Å²) in [7, 11) is 0. The van der Waals surface area contributed by atoms with Crippen molar-refractivity contribution in [2.45, 2.75) is 6.42 Å². The molecule has 2 rings (SSSR count). The second-order valence-corrected chi connectivity index (χ2v) is 2.46. The lowest BCUT2D eigenvalue weighted by Gasteiger charge is -1.88. The predicted molar refractivity (Wildman–Crippen MR) is 42.3 cm³/mol. The number of hydrogen-bond acceptors (Lipinski definition) is 2. The Bertz CT molecular complexity index is 346. The van der Waals surface area contributed by atoms with Gasteiger partial charge in [-0.2, -0.15) is 0 Å². The van der Waals surface area contributed by atoms with Crippen LogP contribution in [-0.4, -0.2) is 21.1 Å². The molecule has 0 saturated carbocycles. The fourth-order valence-electron chi connectivity index (χ4n) is 1.20. The molecular formula is C7H10N4. The van der Waals surface area contributed by atoms with Crippen LogP contribution in [0.15, 0.2) is 18.6 Å². The minimum Gasteiger partial charge on any atom is -0.330 e. The van der Waals surface area contributed by atoms with Gasteiger partial charge < -0.3 is 5.73 Å². The third-order valence-electron chi connectivity index (χ3n) is 1.72. The Kier molecular flexibility index (Phi) is 1.40. The van der Waals surface area contributed by atoms with Crippen LogP contribution >= 0.6 is 0 Å². The Morgan fingerprint density at radius 1 is 1.64 bits per heavy atom. The number of imidazole rings is 1. The Hall–Kier alpha value is -1.29. The van der Waals surface area contributed by atoms with Crippen LogP contribution in [0.5, 0.6) is 0 Å². The molecule has 0 amide bonds. The van der Waals surface area contributed by atoms with E-state index < -0.39 is 0 Å². The highest BCUT2D eigenvalue weighted by molar-refractivity contribution is 5.46. The van der Waals surface area contributed by atoms with E-state index in [2.05, 4.69) is 10.1 Å². The highest BCUT2D eigenvalue weighted by Gasteiger charge is 2.01. The molecule has 3 N–H and O–H groups in total. The molecule has 2 aromatic heterocycles. The second kappa shape index (κ2) is 2.39. The van der Waals surface area contributed by atoms with E-state index in [0.29, 0.717) is 6.54 Å². The molecule has 0 bridgehead atoms. The van der Waals surface area contributed by atoms with Crippen molar-refractivity contribution < 1.29 is 0 Å². The Labute approximate surface area is 64.0 Å². The molecule has 58 valence electrons. The van der Waals surface area contributed by atoms with Crippen LogP contribution in [-0.2, 0) is 6.42 Å². The first kappa shape index (κ1) is 6.42. The number of aromatic amines is 1. The summed E-state index contributed by atoms with van der Waals surface area (Å²) >= 11 is 0. The fraction of sp³-hybridized carbons (Fsp3) is 0.286. The van der Waals surface area contributed by atoms with Gasteiger partial charge in [0.25, 0.3) is 0 Å². The van der Waals surface area contributed by atoms with Crippen LogP contribution in [0.4, 0.5) is 0 Å². The van der Waals surface area contributed by atoms with Crippen molar-refractivity contribution in [2.24, 2.45) is 5.73 Å². The van der Waals surface area contributed by atoms with Gasteiger partial charge in [-0.25, -0.2) is 9.50 Å². The van der Waals surface area contributed by atoms with Crippen molar-refractivity contribution in [2.75, 3.05) is 6.54 Å². The number of hydrogen-bond donors (Lipinski definition) is 2. The summed E-state index contributed by atoms with van der Waals surface area (Å²) in [5.41, 5.74) is 7.59. The highest BCUT2D eigenvalue weighted by Crippen LogP contribution is 2.06. The van der Waals surface area contributed by atoms with E-state index in [4.69, 9.17) is 5.73 Å². The Morgan fingerprint density at radius 3 is 3.36 bits per heavy atom. The van der Waals surface area contributed by atoms with E-state index in [0.717, 1.165) is 12.1 Å². The Morgan fingerprint density at radius 2 is 2.55 bits per heavy atom. The summed E-state index contributed by atoms with van der Waals surface area (Å²) < 4.78 is 1.88. The minimum absolute atomic E-state index is 0.667. The molecule has 2 aromatic rings. The highest BCUT2D eigenvalue weighted by atomic mass is 15.2. The number of aromatic nitrogens is 3. The minimum atomic E-state index is 0.667. The van der Waals surface area contributed by atoms with Crippen molar-refractivity contribution in [3.05, 3.63) is 24.2 Å². The van der Waals surface area contributed by atoms with Gasteiger partial charge >= 0.3 is 0 Å². The van der Waals surface area contributed by atoms with E-state index in [1.54, 1.807) is 6.20 Å². The molecule has 4 heteroatoms. The maximum atomic E-state index is 5.43. The molecule has 0 atom stereocenters. The van der Waals surface area contributed by atoms with Crippen molar-refractivity contribution >= 4 is 5.65 Å². The summed E-state index contributed by atoms with van der Waals surface area (Å²) in [5.74, 6) is 0. The zero-order valence-corrected chi connectivity index (χ0v) is 6.12. The second-order valence-electron chi connectivity index (χ2n) is 2.46. The van der Waals surface area contributed by atoms with Gasteiger partial charge in [-0.05, 0) is 13.0 Å². The molecule has 0 unspecified atom stereocenters. The maximum Gasteiger partial charge on any atom is 0.156 e. The first-order valence-corrected chi connectivity index (χ1v) is 3.61. The van der Waals surface area contributed by atoms with Gasteiger partial charge in [0.15, 0.2) is 5.65 Å². The third kappa shape index (κ3) is 0.914. The van der Waals surface area contributed by atoms with E-state index in [-0.39, 0.29) is 0 Å². The van der Waals surface area contributed by atoms with E-state index in [1.807, 2.05) is 16.9 Å². The molecule has 0 aromatic carbocycles. The average Bonchev–Trinajstić information content (AvgIpc) is 2.53. The molecule has 0 radical (unpaired) electrons. The zero-order chi connectivity index (χ0) is 7.68. The summed E-state index contributed by atoms with van der Waals surface area (Å²) in [4.78, 5) is 4.17. The number of nitrogens with one attached hydrogen (secondary N) is 1. The molecular weight excluding hydrogens is 140 g/mol. The van der Waals surface area contributed by atoms with Gasteiger partial charge in [-0.1, -0.05) is 0 Å². The van der Waals surface area contributed by atoms with E-state index >= 15 is 0 Å². The van der Waals surface area contributed by atoms with Gasteiger partial charge in [0.05, 0.1) is 0 Å². The lowest BCUT2D eigenvalue weighted by Crippen LogP contribution is -2.02. The third-order valence-corrected chi connectivity index (χ3v) is 1.72. The van der Waals surface area contributed by atoms with Gasteiger partial charge in [0.2, 0.25) is 0 Å². The first-order chi connectivity index (χ1) is 5.42. The first-order valence-electron chi connectivity index (χ1n) is 3.61. The number of rotatable bonds is 2. The van der Waals surface area contributed by atoms with Crippen molar-refractivity contribution in [3.8, 4) is 0 Å². The van der Waals surface area contributed by atoms with Crippen LogP contribution in [0.2, 0.25) is 0 Å². The average molecular weight is 150 g/mol. The SMILES string of the molecule is NCCc1c[nH]n2ccnc12. The molecule has 2 heterocycles. The summed E-state index contributed by atoms with van der Waals surface area (Å²) in [5, 5.41) is 3.05. The lowest BCUT2D eigenvalue weighted by molar-refractivity contribution is 0.970. The molecule has 0 saturated heterocycles. The van der Waals surface area contributed by atoms with Crippen LogP contribution < -0.4 is 5.73 Å². The van der Waals surface area contributed by atoms with Crippen LogP contribution in [0.3, 0.4) is 0 Å². The summed E-state index contributed by atoms with van der Waals surface area (Å²) in [6, 6.07) is 0. The summed E-state index contributed by atoms with van der Waals surface area (Å²) in [6.07, 6.45) is 6.47. The zero-order valence-electron chi connectivity index (χ0n) is 6.12. The van der Waals surface area contributed by atoms with Crippen LogP contribution in [0, 0.1) is 0 Å². The number of H-pyrrole nitrogens is 1. The van der Waals surface area contributed by atoms with Crippen molar-refractivity contribution in [3.63, 3.8) is 0 Å². The molecule has 0 fully saturated rings. The van der Waals surface area contributed by atoms with Crippen molar-refractivity contribution in [1.82, 2.24) is 14.6 Å². The molecule has 11 heavy (non-hydrogen) atoms. The number of nitrogens with zero attached hydrogens (tertiary/aromatic N) is 2. The summed E-state index contributed by atoms with van der Waals surface area (Å²) in [6.45, 7) is 0.667. The van der Waals surface area contributed by atoms with Gasteiger partial charge in [-0.3, -0.25) is 5.10 Å². The molecule has 0 aliphatic heterocycles. The van der Waals surface area contributed by atoms with Gasteiger partial charge in [0.1, 0.15) is 0 Å². The van der Waals surface area contributed by atoms with Crippen LogP contribution in [0.25, 0.3) is 5.65 Å². The normalized spacial score (nSPS) is 11.0. The van der Waals surface area contributed by atoms with E-state index in [1.165, 1.54) is 5.56 Å². The molecule has 0 aliphatic rings. The standard InChI is InChI=1S/C7H10N4/c8-2-1-6-5-10-11-4-3-9-7(6)11/h3-5,10H,1-2,8H2. The molecule has 0 aliphatic carbocycles. The van der Waals surface area contributed by atoms with Crippen LogP contribution in [0.1, 0.15) is 5.56 Å². The number of fused-ring (bicyclic) bond motifs is 1. The monoisotopic (exact) mass is 150 g/mol. The predicted octanol–water partition coefficient (Wildman–Crippen LogP) is 0.164. The topological polar surface area (TPSA) is 59.1 Å². The molecule has 4 nitrogen and oxygen atoms in total.